The molecule has 0 saturated carbocycles. The Labute approximate surface area is 105 Å². The molecule has 18 heavy (non-hydrogen) atoms. The van der Waals surface area contributed by atoms with Crippen LogP contribution in [0.15, 0.2) is 35.0 Å². The van der Waals surface area contributed by atoms with Crippen LogP contribution in [0.4, 0.5) is 4.39 Å². The van der Waals surface area contributed by atoms with E-state index in [0.717, 1.165) is 12.1 Å². The minimum atomic E-state index is -0.370. The summed E-state index contributed by atoms with van der Waals surface area (Å²) in [5.41, 5.74) is 0.788. The SMILES string of the molecule is CCNCc1cccc(F)c1OCc1ccno1. The zero-order valence-electron chi connectivity index (χ0n) is 10.1. The van der Waals surface area contributed by atoms with Crippen molar-refractivity contribution in [1.29, 1.82) is 0 Å². The lowest BCUT2D eigenvalue weighted by Gasteiger charge is -2.11. The highest BCUT2D eigenvalue weighted by Crippen LogP contribution is 2.23. The van der Waals surface area contributed by atoms with Crippen molar-refractivity contribution < 1.29 is 13.7 Å². The van der Waals surface area contributed by atoms with Gasteiger partial charge in [-0.15, -0.1) is 0 Å². The summed E-state index contributed by atoms with van der Waals surface area (Å²) in [4.78, 5) is 0. The van der Waals surface area contributed by atoms with Gasteiger partial charge in [0.05, 0.1) is 6.20 Å². The fourth-order valence-electron chi connectivity index (χ4n) is 1.57. The molecular weight excluding hydrogens is 235 g/mol. The molecule has 0 atom stereocenters. The lowest BCUT2D eigenvalue weighted by Crippen LogP contribution is -2.13. The van der Waals surface area contributed by atoms with Crippen LogP contribution < -0.4 is 10.1 Å². The standard InChI is InChI=1S/C13H15FN2O2/c1-2-15-8-10-4-3-5-12(14)13(10)17-9-11-6-7-16-18-11/h3-7,15H,2,8-9H2,1H3. The molecule has 2 rings (SSSR count). The van der Waals surface area contributed by atoms with E-state index in [0.29, 0.717) is 12.3 Å². The lowest BCUT2D eigenvalue weighted by atomic mass is 10.2. The third-order valence-electron chi connectivity index (χ3n) is 2.46. The van der Waals surface area contributed by atoms with Crippen LogP contribution in [0.25, 0.3) is 0 Å². The van der Waals surface area contributed by atoms with Crippen molar-refractivity contribution >= 4 is 0 Å². The number of para-hydroxylation sites is 1. The summed E-state index contributed by atoms with van der Waals surface area (Å²) in [6.07, 6.45) is 1.53. The third-order valence-corrected chi connectivity index (χ3v) is 2.46. The van der Waals surface area contributed by atoms with Gasteiger partial charge in [0.25, 0.3) is 0 Å². The molecule has 0 bridgehead atoms. The maximum absolute atomic E-state index is 13.7. The smallest absolute Gasteiger partial charge is 0.174 e. The quantitative estimate of drug-likeness (QED) is 0.855. The molecule has 4 nitrogen and oxygen atoms in total. The normalized spacial score (nSPS) is 10.6. The second-order valence-electron chi connectivity index (χ2n) is 3.78. The van der Waals surface area contributed by atoms with Gasteiger partial charge in [0.2, 0.25) is 0 Å². The molecule has 1 N–H and O–H groups in total. The summed E-state index contributed by atoms with van der Waals surface area (Å²) in [5, 5.41) is 6.71. The molecule has 0 spiro atoms. The maximum Gasteiger partial charge on any atom is 0.174 e. The summed E-state index contributed by atoms with van der Waals surface area (Å²) >= 11 is 0. The topological polar surface area (TPSA) is 47.3 Å². The summed E-state index contributed by atoms with van der Waals surface area (Å²) in [5.74, 6) is 0.451. The first kappa shape index (κ1) is 12.6. The van der Waals surface area contributed by atoms with Crippen molar-refractivity contribution in [3.8, 4) is 5.75 Å². The molecule has 0 aliphatic carbocycles. The van der Waals surface area contributed by atoms with Crippen molar-refractivity contribution in [3.05, 3.63) is 47.6 Å². The molecule has 5 heteroatoms. The molecule has 0 fully saturated rings. The van der Waals surface area contributed by atoms with E-state index in [1.807, 2.05) is 13.0 Å². The van der Waals surface area contributed by atoms with Gasteiger partial charge in [-0.25, -0.2) is 4.39 Å². The van der Waals surface area contributed by atoms with Crippen LogP contribution in [0.5, 0.6) is 5.75 Å². The van der Waals surface area contributed by atoms with E-state index in [1.54, 1.807) is 12.1 Å². The number of benzene rings is 1. The number of hydrogen-bond donors (Lipinski definition) is 1. The van der Waals surface area contributed by atoms with Gasteiger partial charge in [-0.1, -0.05) is 24.2 Å². The molecule has 1 heterocycles. The average molecular weight is 250 g/mol. The maximum atomic E-state index is 13.7. The average Bonchev–Trinajstić information content (AvgIpc) is 2.88. The van der Waals surface area contributed by atoms with Gasteiger partial charge < -0.3 is 14.6 Å². The third kappa shape index (κ3) is 3.07. The van der Waals surface area contributed by atoms with E-state index in [4.69, 9.17) is 9.26 Å². The zero-order chi connectivity index (χ0) is 12.8. The van der Waals surface area contributed by atoms with E-state index in [9.17, 15) is 4.39 Å². The predicted octanol–water partition coefficient (Wildman–Crippen LogP) is 2.50. The molecule has 1 aromatic carbocycles. The Balaban J connectivity index is 2.09. The van der Waals surface area contributed by atoms with Crippen molar-refractivity contribution in [2.24, 2.45) is 0 Å². The second-order valence-corrected chi connectivity index (χ2v) is 3.78. The summed E-state index contributed by atoms with van der Waals surface area (Å²) < 4.78 is 24.1. The van der Waals surface area contributed by atoms with E-state index in [-0.39, 0.29) is 18.2 Å². The van der Waals surface area contributed by atoms with Gasteiger partial charge in [-0.3, -0.25) is 0 Å². The van der Waals surface area contributed by atoms with Crippen molar-refractivity contribution in [3.63, 3.8) is 0 Å². The van der Waals surface area contributed by atoms with Crippen LogP contribution in [0.1, 0.15) is 18.2 Å². The van der Waals surface area contributed by atoms with Crippen LogP contribution in [-0.4, -0.2) is 11.7 Å². The van der Waals surface area contributed by atoms with Crippen LogP contribution in [-0.2, 0) is 13.2 Å². The Bertz CT molecular complexity index is 486. The van der Waals surface area contributed by atoms with Crippen LogP contribution in [0.2, 0.25) is 0 Å². The minimum absolute atomic E-state index is 0.167. The fraction of sp³-hybridized carbons (Fsp3) is 0.308. The molecule has 0 unspecified atom stereocenters. The van der Waals surface area contributed by atoms with E-state index >= 15 is 0 Å². The lowest BCUT2D eigenvalue weighted by molar-refractivity contribution is 0.238. The van der Waals surface area contributed by atoms with Gasteiger partial charge in [0.1, 0.15) is 6.61 Å². The Morgan fingerprint density at radius 1 is 1.39 bits per heavy atom. The summed E-state index contributed by atoms with van der Waals surface area (Å²) in [6.45, 7) is 3.55. The number of nitrogens with zero attached hydrogens (tertiary/aromatic N) is 1. The van der Waals surface area contributed by atoms with Gasteiger partial charge in [-0.05, 0) is 12.6 Å². The molecular formula is C13H15FN2O2. The number of aromatic nitrogens is 1. The van der Waals surface area contributed by atoms with Crippen molar-refractivity contribution in [1.82, 2.24) is 10.5 Å². The van der Waals surface area contributed by atoms with E-state index in [1.165, 1.54) is 12.3 Å². The highest BCUT2D eigenvalue weighted by Gasteiger charge is 2.10. The predicted molar refractivity (Wildman–Crippen MR) is 64.6 cm³/mol. The summed E-state index contributed by atoms with van der Waals surface area (Å²) in [6, 6.07) is 6.57. The number of ether oxygens (including phenoxy) is 1. The van der Waals surface area contributed by atoms with Crippen LogP contribution in [0.3, 0.4) is 0 Å². The monoisotopic (exact) mass is 250 g/mol. The number of hydrogen-bond acceptors (Lipinski definition) is 4. The van der Waals surface area contributed by atoms with Crippen LogP contribution in [0, 0.1) is 5.82 Å². The highest BCUT2D eigenvalue weighted by atomic mass is 19.1. The first-order valence-electron chi connectivity index (χ1n) is 5.81. The molecule has 0 amide bonds. The van der Waals surface area contributed by atoms with Gasteiger partial charge in [0, 0.05) is 18.2 Å². The Morgan fingerprint density at radius 2 is 2.28 bits per heavy atom. The number of nitrogens with one attached hydrogen (secondary N) is 1. The van der Waals surface area contributed by atoms with Crippen LogP contribution >= 0.6 is 0 Å². The minimum Gasteiger partial charge on any atom is -0.482 e. The molecule has 96 valence electrons. The molecule has 0 saturated heterocycles. The Morgan fingerprint density at radius 3 is 3.00 bits per heavy atom. The van der Waals surface area contributed by atoms with Gasteiger partial charge >= 0.3 is 0 Å². The van der Waals surface area contributed by atoms with E-state index < -0.39 is 0 Å². The molecule has 2 aromatic rings. The molecule has 0 aliphatic heterocycles. The summed E-state index contributed by atoms with van der Waals surface area (Å²) in [7, 11) is 0. The molecule has 0 radical (unpaired) electrons. The van der Waals surface area contributed by atoms with Crippen molar-refractivity contribution in [2.45, 2.75) is 20.1 Å². The first-order valence-corrected chi connectivity index (χ1v) is 5.81. The van der Waals surface area contributed by atoms with Gasteiger partial charge in [-0.2, -0.15) is 0 Å². The molecule has 0 aliphatic rings. The van der Waals surface area contributed by atoms with Gasteiger partial charge in [0.15, 0.2) is 17.3 Å². The highest BCUT2D eigenvalue weighted by molar-refractivity contribution is 5.35. The van der Waals surface area contributed by atoms with Crippen molar-refractivity contribution in [2.75, 3.05) is 6.54 Å². The Hall–Kier alpha value is -1.88. The number of rotatable bonds is 6. The first-order chi connectivity index (χ1) is 8.81. The zero-order valence-corrected chi connectivity index (χ0v) is 10.1. The molecule has 1 aromatic heterocycles. The Kier molecular flexibility index (Phi) is 4.30. The van der Waals surface area contributed by atoms with E-state index in [2.05, 4.69) is 10.5 Å². The number of halogens is 1. The largest absolute Gasteiger partial charge is 0.482 e. The fourth-order valence-corrected chi connectivity index (χ4v) is 1.57. The second kappa shape index (κ2) is 6.16.